The van der Waals surface area contributed by atoms with Crippen LogP contribution in [0.5, 0.6) is 5.75 Å². The molecule has 0 atom stereocenters. The Morgan fingerprint density at radius 1 is 1.00 bits per heavy atom. The number of amides is 1. The van der Waals surface area contributed by atoms with Crippen molar-refractivity contribution in [2.75, 3.05) is 32.2 Å². The Morgan fingerprint density at radius 3 is 2.43 bits per heavy atom. The molecule has 0 unspecified atom stereocenters. The highest BCUT2D eigenvalue weighted by Crippen LogP contribution is 2.15. The summed E-state index contributed by atoms with van der Waals surface area (Å²) in [6, 6.07) is 17.3. The molecule has 2 aromatic carbocycles. The van der Waals surface area contributed by atoms with Gasteiger partial charge in [-0.2, -0.15) is 0 Å². The van der Waals surface area contributed by atoms with Crippen molar-refractivity contribution in [3.05, 3.63) is 60.2 Å². The number of hydrogen-bond acceptors (Lipinski definition) is 4. The molecule has 0 aromatic heterocycles. The molecule has 122 valence electrons. The maximum atomic E-state index is 11.8. The van der Waals surface area contributed by atoms with E-state index in [1.807, 2.05) is 54.6 Å². The van der Waals surface area contributed by atoms with Crippen LogP contribution >= 0.6 is 0 Å². The van der Waals surface area contributed by atoms with Gasteiger partial charge in [0.1, 0.15) is 12.4 Å². The fraction of sp³-hybridized carbons (Fsp3) is 0.278. The molecule has 0 heterocycles. The summed E-state index contributed by atoms with van der Waals surface area (Å²) in [5.74, 6) is 0.732. The molecule has 0 fully saturated rings. The van der Waals surface area contributed by atoms with E-state index in [0.717, 1.165) is 17.0 Å². The van der Waals surface area contributed by atoms with E-state index in [1.54, 1.807) is 7.11 Å². The van der Waals surface area contributed by atoms with Gasteiger partial charge in [0.05, 0.1) is 13.2 Å². The Hall–Kier alpha value is -2.53. The molecule has 5 nitrogen and oxygen atoms in total. The van der Waals surface area contributed by atoms with E-state index in [1.165, 1.54) is 0 Å². The third-order valence-corrected chi connectivity index (χ3v) is 3.20. The molecular formula is C18H22N2O3. The molecule has 5 heteroatoms. The summed E-state index contributed by atoms with van der Waals surface area (Å²) in [5.41, 5.74) is 1.96. The lowest BCUT2D eigenvalue weighted by atomic mass is 10.2. The summed E-state index contributed by atoms with van der Waals surface area (Å²) in [6.07, 6.45) is 0. The summed E-state index contributed by atoms with van der Waals surface area (Å²) in [5, 5.41) is 5.96. The lowest BCUT2D eigenvalue weighted by Crippen LogP contribution is -2.29. The zero-order valence-corrected chi connectivity index (χ0v) is 13.2. The van der Waals surface area contributed by atoms with Gasteiger partial charge >= 0.3 is 0 Å². The zero-order valence-electron chi connectivity index (χ0n) is 13.2. The quantitative estimate of drug-likeness (QED) is 0.698. The number of methoxy groups -OCH3 is 1. The monoisotopic (exact) mass is 314 g/mol. The minimum absolute atomic E-state index is 0.0470. The van der Waals surface area contributed by atoms with Crippen LogP contribution in [-0.2, 0) is 16.1 Å². The molecule has 0 radical (unpaired) electrons. The molecule has 0 aliphatic carbocycles. The molecule has 0 saturated heterocycles. The van der Waals surface area contributed by atoms with Crippen LogP contribution in [0.2, 0.25) is 0 Å². The fourth-order valence-corrected chi connectivity index (χ4v) is 1.95. The zero-order chi connectivity index (χ0) is 16.3. The first-order valence-corrected chi connectivity index (χ1v) is 7.54. The molecule has 0 spiro atoms. The first-order valence-electron chi connectivity index (χ1n) is 7.54. The second-order valence-electron chi connectivity index (χ2n) is 4.98. The van der Waals surface area contributed by atoms with Gasteiger partial charge in [0, 0.05) is 19.3 Å². The molecule has 0 bridgehead atoms. The first-order chi connectivity index (χ1) is 11.3. The second-order valence-corrected chi connectivity index (χ2v) is 4.98. The van der Waals surface area contributed by atoms with Crippen LogP contribution in [0.4, 0.5) is 5.69 Å². The minimum Gasteiger partial charge on any atom is -0.491 e. The average molecular weight is 314 g/mol. The highest BCUT2D eigenvalue weighted by Gasteiger charge is 2.01. The van der Waals surface area contributed by atoms with E-state index in [9.17, 15) is 4.79 Å². The van der Waals surface area contributed by atoms with E-state index < -0.39 is 0 Å². The van der Waals surface area contributed by atoms with Crippen LogP contribution in [-0.4, -0.2) is 32.8 Å². The predicted octanol–water partition coefficient (Wildman–Crippen LogP) is 2.44. The standard InChI is InChI=1S/C18H22N2O3/c1-22-11-12-23-17-9-7-16(8-10-17)19-14-18(21)20-13-15-5-3-2-4-6-15/h2-10,19H,11-14H2,1H3,(H,20,21). The largest absolute Gasteiger partial charge is 0.491 e. The first kappa shape index (κ1) is 16.8. The molecule has 0 aliphatic rings. The van der Waals surface area contributed by atoms with Gasteiger partial charge in [0.15, 0.2) is 0 Å². The van der Waals surface area contributed by atoms with Crippen molar-refractivity contribution in [2.45, 2.75) is 6.54 Å². The van der Waals surface area contributed by atoms with Crippen molar-refractivity contribution in [2.24, 2.45) is 0 Å². The molecule has 1 amide bonds. The lowest BCUT2D eigenvalue weighted by Gasteiger charge is -2.09. The van der Waals surface area contributed by atoms with Crippen molar-refractivity contribution in [1.29, 1.82) is 0 Å². The molecule has 2 rings (SSSR count). The van der Waals surface area contributed by atoms with Gasteiger partial charge in [0.2, 0.25) is 5.91 Å². The maximum Gasteiger partial charge on any atom is 0.239 e. The minimum atomic E-state index is -0.0470. The van der Waals surface area contributed by atoms with E-state index in [4.69, 9.17) is 9.47 Å². The SMILES string of the molecule is COCCOc1ccc(NCC(=O)NCc2ccccc2)cc1. The molecule has 2 N–H and O–H groups in total. The molecular weight excluding hydrogens is 292 g/mol. The number of rotatable bonds is 9. The predicted molar refractivity (Wildman–Crippen MR) is 90.6 cm³/mol. The molecule has 0 aliphatic heterocycles. The number of carbonyl (C=O) groups is 1. The van der Waals surface area contributed by atoms with Crippen molar-refractivity contribution in [3.8, 4) is 5.75 Å². The summed E-state index contributed by atoms with van der Waals surface area (Å²) >= 11 is 0. The highest BCUT2D eigenvalue weighted by atomic mass is 16.5. The van der Waals surface area contributed by atoms with Gasteiger partial charge in [0.25, 0.3) is 0 Å². The third-order valence-electron chi connectivity index (χ3n) is 3.20. The van der Waals surface area contributed by atoms with Crippen LogP contribution in [0, 0.1) is 0 Å². The Bertz CT molecular complexity index is 585. The van der Waals surface area contributed by atoms with Crippen molar-refractivity contribution < 1.29 is 14.3 Å². The van der Waals surface area contributed by atoms with Crippen molar-refractivity contribution >= 4 is 11.6 Å². The van der Waals surface area contributed by atoms with E-state index in [0.29, 0.717) is 19.8 Å². The van der Waals surface area contributed by atoms with Gasteiger partial charge in [-0.05, 0) is 29.8 Å². The van der Waals surface area contributed by atoms with Crippen molar-refractivity contribution in [1.82, 2.24) is 5.32 Å². The van der Waals surface area contributed by atoms with E-state index in [-0.39, 0.29) is 12.5 Å². The van der Waals surface area contributed by atoms with Gasteiger partial charge in [-0.25, -0.2) is 0 Å². The number of hydrogen-bond donors (Lipinski definition) is 2. The number of ether oxygens (including phenoxy) is 2. The fourth-order valence-electron chi connectivity index (χ4n) is 1.95. The Morgan fingerprint density at radius 2 is 1.74 bits per heavy atom. The van der Waals surface area contributed by atoms with Gasteiger partial charge < -0.3 is 20.1 Å². The Labute approximate surface area is 136 Å². The van der Waals surface area contributed by atoms with Crippen molar-refractivity contribution in [3.63, 3.8) is 0 Å². The van der Waals surface area contributed by atoms with Crippen LogP contribution in [0.15, 0.2) is 54.6 Å². The maximum absolute atomic E-state index is 11.8. The van der Waals surface area contributed by atoms with Gasteiger partial charge in [-0.1, -0.05) is 30.3 Å². The summed E-state index contributed by atoms with van der Waals surface area (Å²) in [4.78, 5) is 11.8. The number of anilines is 1. The Balaban J connectivity index is 1.69. The number of carbonyl (C=O) groups excluding carboxylic acids is 1. The van der Waals surface area contributed by atoms with Crippen LogP contribution in [0.1, 0.15) is 5.56 Å². The van der Waals surface area contributed by atoms with E-state index in [2.05, 4.69) is 10.6 Å². The second kappa shape index (κ2) is 9.48. The summed E-state index contributed by atoms with van der Waals surface area (Å²) < 4.78 is 10.4. The number of benzene rings is 2. The van der Waals surface area contributed by atoms with Gasteiger partial charge in [-0.3, -0.25) is 4.79 Å². The Kier molecular flexibility index (Phi) is 6.94. The van der Waals surface area contributed by atoms with Gasteiger partial charge in [-0.15, -0.1) is 0 Å². The van der Waals surface area contributed by atoms with Crippen LogP contribution in [0.25, 0.3) is 0 Å². The molecule has 2 aromatic rings. The van der Waals surface area contributed by atoms with Crippen LogP contribution in [0.3, 0.4) is 0 Å². The van der Waals surface area contributed by atoms with Crippen LogP contribution < -0.4 is 15.4 Å². The average Bonchev–Trinajstić information content (AvgIpc) is 2.60. The summed E-state index contributed by atoms with van der Waals surface area (Å²) in [7, 11) is 1.64. The third kappa shape index (κ3) is 6.40. The molecule has 0 saturated carbocycles. The molecule has 23 heavy (non-hydrogen) atoms. The highest BCUT2D eigenvalue weighted by molar-refractivity contribution is 5.80. The lowest BCUT2D eigenvalue weighted by molar-refractivity contribution is -0.119. The van der Waals surface area contributed by atoms with E-state index >= 15 is 0 Å². The number of nitrogens with one attached hydrogen (secondary N) is 2. The topological polar surface area (TPSA) is 59.6 Å². The smallest absolute Gasteiger partial charge is 0.239 e. The summed E-state index contributed by atoms with van der Waals surface area (Å²) in [6.45, 7) is 1.84. The normalized spacial score (nSPS) is 10.1.